The number of ether oxygens (including phenoxy) is 2. The molecule has 4 unspecified atom stereocenters. The van der Waals surface area contributed by atoms with E-state index in [2.05, 4.69) is 9.25 Å². The number of hydrogen-bond donors (Lipinski definition) is 0. The van der Waals surface area contributed by atoms with E-state index in [0.29, 0.717) is 0 Å². The molecule has 0 spiro atoms. The molecule has 0 aromatic carbocycles. The molecule has 0 saturated carbocycles. The molecule has 0 bridgehead atoms. The van der Waals surface area contributed by atoms with Gasteiger partial charge in [-0.3, -0.25) is 0 Å². The largest absolute Gasteiger partial charge is 0.443 e. The molecular weight excluding hydrogens is 350 g/mol. The van der Waals surface area contributed by atoms with Gasteiger partial charge in [-0.05, 0) is 6.92 Å². The summed E-state index contributed by atoms with van der Waals surface area (Å²) in [6, 6.07) is 0. The van der Waals surface area contributed by atoms with Gasteiger partial charge in [-0.2, -0.15) is 13.3 Å². The number of rotatable bonds is 3. The van der Waals surface area contributed by atoms with Crippen molar-refractivity contribution < 1.29 is 36.2 Å². The Hall–Kier alpha value is -0.620. The fourth-order valence-corrected chi connectivity index (χ4v) is 6.21. The number of carbonyl (C=O) groups excluding carboxylic acids is 1. The zero-order valence-corrected chi connectivity index (χ0v) is 12.3. The SMILES string of the molecule is CCOC1C(p2npn(F)p(F)n2F)OC(=O)C1(F)F. The van der Waals surface area contributed by atoms with Gasteiger partial charge in [0.25, 0.3) is 8.16 Å². The van der Waals surface area contributed by atoms with Crippen molar-refractivity contribution in [2.24, 2.45) is 0 Å². The Labute approximate surface area is 112 Å². The molecule has 20 heavy (non-hydrogen) atoms. The monoisotopic (exact) mass is 357 g/mol. The molecule has 1 aromatic heterocycles. The highest BCUT2D eigenvalue weighted by molar-refractivity contribution is 7.57. The van der Waals surface area contributed by atoms with Crippen LogP contribution >= 0.6 is 24.5 Å². The maximum Gasteiger partial charge on any atom is 0.381 e. The highest BCUT2D eigenvalue weighted by atomic mass is 31.2. The van der Waals surface area contributed by atoms with Crippen LogP contribution in [0, 0.1) is 0 Å². The minimum atomic E-state index is -3.98. The quantitative estimate of drug-likeness (QED) is 0.612. The van der Waals surface area contributed by atoms with Gasteiger partial charge in [0.05, 0.1) is 0 Å². The van der Waals surface area contributed by atoms with Crippen LogP contribution in [0.3, 0.4) is 0 Å². The first-order valence-electron chi connectivity index (χ1n) is 5.09. The second-order valence-corrected chi connectivity index (χ2v) is 8.08. The van der Waals surface area contributed by atoms with Gasteiger partial charge in [0, 0.05) is 6.61 Å². The third-order valence-corrected chi connectivity index (χ3v) is 6.93. The topological polar surface area (TPSA) is 58.3 Å². The summed E-state index contributed by atoms with van der Waals surface area (Å²) in [5, 5.41) is 0. The van der Waals surface area contributed by atoms with E-state index in [1.807, 2.05) is 0 Å². The van der Waals surface area contributed by atoms with Gasteiger partial charge < -0.3 is 9.47 Å². The smallest absolute Gasteiger partial charge is 0.381 e. The maximum absolute atomic E-state index is 13.6. The Morgan fingerprint density at radius 3 is 2.80 bits per heavy atom. The summed E-state index contributed by atoms with van der Waals surface area (Å²) in [6.45, 7) is 1.19. The summed E-state index contributed by atoms with van der Waals surface area (Å²) in [5.74, 6) is -7.67. The summed E-state index contributed by atoms with van der Waals surface area (Å²) >= 11 is 0. The Kier molecular flexibility index (Phi) is 4.44. The Morgan fingerprint density at radius 2 is 2.20 bits per heavy atom. The highest BCUT2D eigenvalue weighted by Crippen LogP contribution is 2.54. The predicted molar refractivity (Wildman–Crippen MR) is 60.8 cm³/mol. The molecule has 4 atom stereocenters. The average Bonchev–Trinajstić information content (AvgIpc) is 2.60. The summed E-state index contributed by atoms with van der Waals surface area (Å²) in [5.41, 5.74) is 0. The lowest BCUT2D eigenvalue weighted by Crippen LogP contribution is -2.37. The first-order chi connectivity index (χ1) is 9.30. The van der Waals surface area contributed by atoms with Gasteiger partial charge in [0.2, 0.25) is 5.85 Å². The molecular formula is C6H7F5N3O3P3. The van der Waals surface area contributed by atoms with Crippen molar-refractivity contribution >= 4 is 30.5 Å². The first-order valence-corrected chi connectivity index (χ1v) is 8.35. The summed E-state index contributed by atoms with van der Waals surface area (Å²) in [7, 11) is -6.68. The lowest BCUT2D eigenvalue weighted by molar-refractivity contribution is -0.165. The second kappa shape index (κ2) is 5.64. The average molecular weight is 357 g/mol. The van der Waals surface area contributed by atoms with Crippen LogP contribution in [-0.4, -0.2) is 37.7 Å². The van der Waals surface area contributed by atoms with Crippen LogP contribution in [0.25, 0.3) is 0 Å². The highest BCUT2D eigenvalue weighted by Gasteiger charge is 2.62. The van der Waals surface area contributed by atoms with Crippen molar-refractivity contribution in [2.75, 3.05) is 6.61 Å². The number of halogens is 5. The number of alkyl halides is 2. The molecule has 6 nitrogen and oxygen atoms in total. The van der Waals surface area contributed by atoms with Crippen molar-refractivity contribution in [3.05, 3.63) is 0 Å². The number of esters is 1. The van der Waals surface area contributed by atoms with Gasteiger partial charge in [-0.25, -0.2) is 4.79 Å². The molecule has 0 N–H and O–H groups in total. The molecule has 2 rings (SSSR count). The molecule has 114 valence electrons. The predicted octanol–water partition coefficient (Wildman–Crippen LogP) is 3.66. The first kappa shape index (κ1) is 15.8. The molecule has 1 aliphatic rings. The number of aromatic nitrogens is 3. The Morgan fingerprint density at radius 1 is 1.55 bits per heavy atom. The van der Waals surface area contributed by atoms with Gasteiger partial charge in [0.1, 0.15) is 7.85 Å². The fraction of sp³-hybridized carbons (Fsp3) is 0.833. The van der Waals surface area contributed by atoms with E-state index < -0.39 is 57.0 Å². The van der Waals surface area contributed by atoms with Crippen LogP contribution in [0.5, 0.6) is 0 Å². The molecule has 2 heterocycles. The minimum Gasteiger partial charge on any atom is -0.443 e. The summed E-state index contributed by atoms with van der Waals surface area (Å²) < 4.78 is 78.0. The Balaban J connectivity index is 2.46. The van der Waals surface area contributed by atoms with Crippen molar-refractivity contribution in [1.29, 1.82) is 0 Å². The number of carbonyl (C=O) groups is 1. The molecule has 0 radical (unpaired) electrons. The third kappa shape index (κ3) is 2.48. The van der Waals surface area contributed by atoms with E-state index >= 15 is 0 Å². The summed E-state index contributed by atoms with van der Waals surface area (Å²) in [6.07, 6.45) is -2.09. The minimum absolute atomic E-state index is 0.194. The van der Waals surface area contributed by atoms with Crippen molar-refractivity contribution in [3.63, 3.8) is 0 Å². The fourth-order valence-electron chi connectivity index (χ4n) is 1.50. The number of cyclic esters (lactones) is 1. The van der Waals surface area contributed by atoms with Gasteiger partial charge >= 0.3 is 11.9 Å². The van der Waals surface area contributed by atoms with Crippen molar-refractivity contribution in [3.8, 4) is 0 Å². The third-order valence-electron chi connectivity index (χ3n) is 2.34. The van der Waals surface area contributed by atoms with Crippen LogP contribution in [0.2, 0.25) is 0 Å². The van der Waals surface area contributed by atoms with Crippen LogP contribution in [0.1, 0.15) is 12.8 Å². The molecule has 0 aliphatic carbocycles. The van der Waals surface area contributed by atoms with E-state index in [0.717, 1.165) is 0 Å². The Bertz CT molecular complexity index is 564. The standard InChI is InChI=1S/C6H7F5N3O3P3/c1-2-16-3-4(17-5(15)6(3,7)8)19-12-18-13(9)20(11)14(19)10/h3-4H,2H2,1H3. The van der Waals surface area contributed by atoms with Gasteiger partial charge in [-0.1, -0.05) is 17.6 Å². The molecule has 1 aliphatic heterocycles. The van der Waals surface area contributed by atoms with E-state index in [9.17, 15) is 26.7 Å². The maximum atomic E-state index is 13.6. The number of nitrogens with zero attached hydrogens (tertiary/aromatic N) is 3. The lowest BCUT2D eigenvalue weighted by Gasteiger charge is -2.20. The van der Waals surface area contributed by atoms with Gasteiger partial charge in [-0.15, -0.1) is 4.20 Å². The van der Waals surface area contributed by atoms with E-state index in [-0.39, 0.29) is 6.61 Å². The van der Waals surface area contributed by atoms with E-state index in [4.69, 9.17) is 4.74 Å². The summed E-state index contributed by atoms with van der Waals surface area (Å²) in [4.78, 5) is 11.1. The van der Waals surface area contributed by atoms with Crippen LogP contribution in [-0.2, 0) is 14.3 Å². The second-order valence-electron chi connectivity index (χ2n) is 3.52. The zero-order chi connectivity index (χ0) is 15.1. The van der Waals surface area contributed by atoms with E-state index in [1.54, 1.807) is 0 Å². The van der Waals surface area contributed by atoms with Crippen LogP contribution in [0.15, 0.2) is 0 Å². The molecule has 1 aromatic rings. The van der Waals surface area contributed by atoms with Gasteiger partial charge in [0.15, 0.2) is 14.6 Å². The van der Waals surface area contributed by atoms with Crippen molar-refractivity contribution in [2.45, 2.75) is 24.8 Å². The van der Waals surface area contributed by atoms with Crippen molar-refractivity contribution in [1.82, 2.24) is 13.1 Å². The normalized spacial score (nSPS) is 27.0. The zero-order valence-electron chi connectivity index (χ0n) is 9.66. The molecule has 1 fully saturated rings. The number of hydrogen-bond acceptors (Lipinski definition) is 4. The molecule has 1 saturated heterocycles. The lowest BCUT2D eigenvalue weighted by atomic mass is 10.2. The van der Waals surface area contributed by atoms with Crippen LogP contribution in [0.4, 0.5) is 21.9 Å². The van der Waals surface area contributed by atoms with E-state index in [1.165, 1.54) is 6.92 Å². The molecule has 0 amide bonds. The van der Waals surface area contributed by atoms with Crippen LogP contribution < -0.4 is 0 Å². The molecule has 14 heteroatoms.